The van der Waals surface area contributed by atoms with Crippen LogP contribution < -0.4 is 5.73 Å². The van der Waals surface area contributed by atoms with Gasteiger partial charge >= 0.3 is 0 Å². The summed E-state index contributed by atoms with van der Waals surface area (Å²) in [5, 5.41) is 0. The summed E-state index contributed by atoms with van der Waals surface area (Å²) in [6.07, 6.45) is 2.34. The van der Waals surface area contributed by atoms with Crippen LogP contribution in [0.25, 0.3) is 0 Å². The first kappa shape index (κ1) is 21.8. The van der Waals surface area contributed by atoms with Crippen LogP contribution in [-0.2, 0) is 23.7 Å². The van der Waals surface area contributed by atoms with Crippen molar-refractivity contribution in [1.29, 1.82) is 0 Å². The van der Waals surface area contributed by atoms with E-state index in [0.717, 1.165) is 18.9 Å². The van der Waals surface area contributed by atoms with E-state index >= 15 is 0 Å². The Morgan fingerprint density at radius 2 is 0.955 bits per heavy atom. The minimum Gasteiger partial charge on any atom is -0.379 e. The van der Waals surface area contributed by atoms with Gasteiger partial charge in [-0.1, -0.05) is 13.8 Å². The highest BCUT2D eigenvalue weighted by atomic mass is 16.6. The second-order valence-corrected chi connectivity index (χ2v) is 5.39. The predicted octanol–water partition coefficient (Wildman–Crippen LogP) is 1.46. The van der Waals surface area contributed by atoms with E-state index in [1.54, 1.807) is 0 Å². The molecule has 22 heavy (non-hydrogen) atoms. The Kier molecular flexibility index (Phi) is 18.6. The maximum Gasteiger partial charge on any atom is 0.0701 e. The first-order valence-electron chi connectivity index (χ1n) is 8.36. The number of rotatable bonds is 18. The van der Waals surface area contributed by atoms with Crippen LogP contribution in [0.15, 0.2) is 0 Å². The maximum atomic E-state index is 5.48. The molecule has 0 amide bonds. The first-order valence-corrected chi connectivity index (χ1v) is 8.36. The second-order valence-electron chi connectivity index (χ2n) is 5.39. The topological polar surface area (TPSA) is 72.2 Å². The lowest BCUT2D eigenvalue weighted by molar-refractivity contribution is -0.0108. The lowest BCUT2D eigenvalue weighted by Gasteiger charge is -2.08. The fourth-order valence-corrected chi connectivity index (χ4v) is 1.66. The molecule has 0 spiro atoms. The van der Waals surface area contributed by atoms with Crippen LogP contribution in [0.4, 0.5) is 0 Å². The minimum absolute atomic E-state index is 0.548. The molecular weight excluding hydrogens is 286 g/mol. The molecule has 0 radical (unpaired) electrons. The van der Waals surface area contributed by atoms with Gasteiger partial charge in [0.15, 0.2) is 0 Å². The van der Waals surface area contributed by atoms with Crippen molar-refractivity contribution < 1.29 is 23.7 Å². The third-order valence-corrected chi connectivity index (χ3v) is 2.82. The molecule has 0 aliphatic heterocycles. The van der Waals surface area contributed by atoms with Crippen LogP contribution >= 0.6 is 0 Å². The van der Waals surface area contributed by atoms with Crippen LogP contribution in [0.2, 0.25) is 0 Å². The molecule has 6 heteroatoms. The number of ether oxygens (including phenoxy) is 5. The van der Waals surface area contributed by atoms with Crippen molar-refractivity contribution >= 4 is 0 Å². The molecule has 2 N–H and O–H groups in total. The van der Waals surface area contributed by atoms with E-state index in [1.807, 2.05) is 0 Å². The van der Waals surface area contributed by atoms with Crippen LogP contribution in [0, 0.1) is 5.92 Å². The SMILES string of the molecule is CC(C)CCCOCCOCCOCCOCCOCCN. The van der Waals surface area contributed by atoms with E-state index in [0.29, 0.717) is 66.0 Å². The lowest BCUT2D eigenvalue weighted by atomic mass is 10.1. The van der Waals surface area contributed by atoms with Gasteiger partial charge in [-0.2, -0.15) is 0 Å². The predicted molar refractivity (Wildman–Crippen MR) is 87.2 cm³/mol. The van der Waals surface area contributed by atoms with Gasteiger partial charge in [0.2, 0.25) is 0 Å². The molecule has 0 bridgehead atoms. The summed E-state index contributed by atoms with van der Waals surface area (Å²) < 4.78 is 26.8. The molecule has 0 aromatic carbocycles. The molecular formula is C16H35NO5. The third kappa shape index (κ3) is 19.8. The van der Waals surface area contributed by atoms with Crippen LogP contribution in [0.1, 0.15) is 26.7 Å². The van der Waals surface area contributed by atoms with Crippen molar-refractivity contribution in [2.24, 2.45) is 11.7 Å². The minimum atomic E-state index is 0.548. The van der Waals surface area contributed by atoms with Crippen molar-refractivity contribution in [3.8, 4) is 0 Å². The van der Waals surface area contributed by atoms with Crippen molar-refractivity contribution in [2.45, 2.75) is 26.7 Å². The van der Waals surface area contributed by atoms with Crippen LogP contribution in [0.3, 0.4) is 0 Å². The highest BCUT2D eigenvalue weighted by Gasteiger charge is 1.95. The fraction of sp³-hybridized carbons (Fsp3) is 1.00. The number of nitrogens with two attached hydrogens (primary N) is 1. The molecule has 0 saturated carbocycles. The fourth-order valence-electron chi connectivity index (χ4n) is 1.66. The molecule has 0 aliphatic carbocycles. The van der Waals surface area contributed by atoms with Crippen molar-refractivity contribution in [3.05, 3.63) is 0 Å². The monoisotopic (exact) mass is 321 g/mol. The highest BCUT2D eigenvalue weighted by molar-refractivity contribution is 4.44. The summed E-state index contributed by atoms with van der Waals surface area (Å²) in [6, 6.07) is 0. The quantitative estimate of drug-likeness (QED) is 0.385. The maximum absolute atomic E-state index is 5.48. The molecule has 0 heterocycles. The summed E-state index contributed by atoms with van der Waals surface area (Å²) in [5.41, 5.74) is 5.29. The molecule has 6 nitrogen and oxygen atoms in total. The molecule has 0 aromatic rings. The molecule has 0 aromatic heterocycles. The Morgan fingerprint density at radius 3 is 1.32 bits per heavy atom. The molecule has 0 aliphatic rings. The summed E-state index contributed by atoms with van der Waals surface area (Å²) in [7, 11) is 0. The van der Waals surface area contributed by atoms with Crippen molar-refractivity contribution in [2.75, 3.05) is 72.6 Å². The average molecular weight is 321 g/mol. The van der Waals surface area contributed by atoms with Crippen LogP contribution in [0.5, 0.6) is 0 Å². The molecule has 0 saturated heterocycles. The van der Waals surface area contributed by atoms with Gasteiger partial charge < -0.3 is 29.4 Å². The Labute approximate surface area is 135 Å². The van der Waals surface area contributed by atoms with Gasteiger partial charge in [0, 0.05) is 13.2 Å². The third-order valence-electron chi connectivity index (χ3n) is 2.82. The van der Waals surface area contributed by atoms with Gasteiger partial charge in [0.1, 0.15) is 0 Å². The van der Waals surface area contributed by atoms with Gasteiger partial charge in [0.25, 0.3) is 0 Å². The number of hydrogen-bond donors (Lipinski definition) is 1. The smallest absolute Gasteiger partial charge is 0.0701 e. The van der Waals surface area contributed by atoms with Gasteiger partial charge in [-0.05, 0) is 18.8 Å². The number of hydrogen-bond acceptors (Lipinski definition) is 6. The molecule has 0 unspecified atom stereocenters. The molecule has 0 rings (SSSR count). The standard InChI is InChI=1S/C16H35NO5/c1-16(2)4-3-6-18-8-10-20-12-14-22-15-13-21-11-9-19-7-5-17/h16H,3-15,17H2,1-2H3. The van der Waals surface area contributed by atoms with Gasteiger partial charge in [-0.25, -0.2) is 0 Å². The Hall–Kier alpha value is -0.240. The van der Waals surface area contributed by atoms with Crippen molar-refractivity contribution in [3.63, 3.8) is 0 Å². The zero-order valence-corrected chi connectivity index (χ0v) is 14.4. The van der Waals surface area contributed by atoms with E-state index in [2.05, 4.69) is 13.8 Å². The van der Waals surface area contributed by atoms with Gasteiger partial charge in [0.05, 0.1) is 59.5 Å². The summed E-state index contributed by atoms with van der Waals surface area (Å²) in [4.78, 5) is 0. The van der Waals surface area contributed by atoms with E-state index in [1.165, 1.54) is 6.42 Å². The first-order chi connectivity index (χ1) is 10.8. The second kappa shape index (κ2) is 18.8. The van der Waals surface area contributed by atoms with Gasteiger partial charge in [-0.3, -0.25) is 0 Å². The van der Waals surface area contributed by atoms with Crippen molar-refractivity contribution in [1.82, 2.24) is 0 Å². The largest absolute Gasteiger partial charge is 0.379 e. The Bertz CT molecular complexity index is 205. The Morgan fingerprint density at radius 1 is 0.591 bits per heavy atom. The van der Waals surface area contributed by atoms with Crippen LogP contribution in [-0.4, -0.2) is 72.6 Å². The van der Waals surface area contributed by atoms with E-state index in [9.17, 15) is 0 Å². The van der Waals surface area contributed by atoms with Gasteiger partial charge in [-0.15, -0.1) is 0 Å². The highest BCUT2D eigenvalue weighted by Crippen LogP contribution is 2.02. The van der Waals surface area contributed by atoms with E-state index in [-0.39, 0.29) is 0 Å². The lowest BCUT2D eigenvalue weighted by Crippen LogP contribution is -2.14. The molecule has 0 atom stereocenters. The summed E-state index contributed by atoms with van der Waals surface area (Å²) >= 11 is 0. The molecule has 134 valence electrons. The molecule has 0 fully saturated rings. The normalized spacial score (nSPS) is 11.5. The zero-order valence-electron chi connectivity index (χ0n) is 14.4. The zero-order chi connectivity index (χ0) is 16.3. The van der Waals surface area contributed by atoms with E-state index < -0.39 is 0 Å². The van der Waals surface area contributed by atoms with E-state index in [4.69, 9.17) is 29.4 Å². The Balaban J connectivity index is 2.94. The summed E-state index contributed by atoms with van der Waals surface area (Å²) in [5.74, 6) is 0.749. The average Bonchev–Trinajstić information content (AvgIpc) is 2.50. The summed E-state index contributed by atoms with van der Waals surface area (Å²) in [6.45, 7) is 11.2.